The summed E-state index contributed by atoms with van der Waals surface area (Å²) in [6, 6.07) is 16.5. The number of fused-ring (bicyclic) bond motifs is 2. The predicted molar refractivity (Wildman–Crippen MR) is 68.3 cm³/mol. The highest BCUT2D eigenvalue weighted by Gasteiger charge is 2.25. The van der Waals surface area contributed by atoms with Crippen molar-refractivity contribution in [2.75, 3.05) is 6.26 Å². The molecule has 0 radical (unpaired) electrons. The van der Waals surface area contributed by atoms with E-state index in [0.29, 0.717) is 5.25 Å². The van der Waals surface area contributed by atoms with Crippen molar-refractivity contribution in [1.29, 1.82) is 0 Å². The van der Waals surface area contributed by atoms with Crippen molar-refractivity contribution in [1.82, 2.24) is 0 Å². The summed E-state index contributed by atoms with van der Waals surface area (Å²) in [5.74, 6) is 1.97. The van der Waals surface area contributed by atoms with Gasteiger partial charge in [0.25, 0.3) is 0 Å². The second-order valence-corrected chi connectivity index (χ2v) is 4.74. The molecular weight excluding hydrogens is 216 g/mol. The van der Waals surface area contributed by atoms with E-state index in [-0.39, 0.29) is 0 Å². The molecule has 16 heavy (non-hydrogen) atoms. The van der Waals surface area contributed by atoms with E-state index in [1.165, 1.54) is 11.1 Å². The van der Waals surface area contributed by atoms with Gasteiger partial charge in [-0.15, -0.1) is 0 Å². The van der Waals surface area contributed by atoms with Crippen molar-refractivity contribution < 1.29 is 4.74 Å². The fraction of sp³-hybridized carbons (Fsp3) is 0.143. The molecule has 0 atom stereocenters. The zero-order valence-corrected chi connectivity index (χ0v) is 9.83. The molecule has 1 aliphatic heterocycles. The lowest BCUT2D eigenvalue weighted by molar-refractivity contribution is 0.459. The van der Waals surface area contributed by atoms with E-state index in [4.69, 9.17) is 4.74 Å². The third kappa shape index (κ3) is 1.41. The minimum Gasteiger partial charge on any atom is -0.457 e. The molecule has 1 aliphatic rings. The molecule has 0 amide bonds. The Balaban J connectivity index is 2.19. The van der Waals surface area contributed by atoms with Crippen LogP contribution in [-0.4, -0.2) is 6.26 Å². The van der Waals surface area contributed by atoms with Gasteiger partial charge in [-0.3, -0.25) is 0 Å². The third-order valence-corrected chi connectivity index (χ3v) is 3.84. The highest BCUT2D eigenvalue weighted by Crippen LogP contribution is 2.48. The molecule has 0 N–H and O–H groups in total. The van der Waals surface area contributed by atoms with Gasteiger partial charge in [0, 0.05) is 11.1 Å². The maximum atomic E-state index is 5.90. The second kappa shape index (κ2) is 3.87. The van der Waals surface area contributed by atoms with Crippen LogP contribution in [0.2, 0.25) is 0 Å². The molecule has 0 aliphatic carbocycles. The summed E-state index contributed by atoms with van der Waals surface area (Å²) in [7, 11) is 0. The molecule has 0 fully saturated rings. The average molecular weight is 228 g/mol. The van der Waals surface area contributed by atoms with Crippen LogP contribution in [0.25, 0.3) is 0 Å². The standard InChI is InChI=1S/C14H12OS/c1-16-14-10-6-2-4-8-12(10)15-13-9-5-3-7-11(13)14/h2-9,14H,1H3. The minimum atomic E-state index is 0.390. The average Bonchev–Trinajstić information content (AvgIpc) is 2.36. The van der Waals surface area contributed by atoms with Crippen LogP contribution in [-0.2, 0) is 0 Å². The quantitative estimate of drug-likeness (QED) is 0.721. The summed E-state index contributed by atoms with van der Waals surface area (Å²) in [5, 5.41) is 0.390. The van der Waals surface area contributed by atoms with Gasteiger partial charge in [-0.25, -0.2) is 0 Å². The van der Waals surface area contributed by atoms with Crippen LogP contribution in [0.5, 0.6) is 11.5 Å². The summed E-state index contributed by atoms with van der Waals surface area (Å²) in [6.45, 7) is 0. The van der Waals surface area contributed by atoms with Gasteiger partial charge >= 0.3 is 0 Å². The summed E-state index contributed by atoms with van der Waals surface area (Å²) in [6.07, 6.45) is 2.14. The SMILES string of the molecule is CSC1c2ccccc2Oc2ccccc21. The Kier molecular flexibility index (Phi) is 2.37. The lowest BCUT2D eigenvalue weighted by Gasteiger charge is -2.26. The van der Waals surface area contributed by atoms with Gasteiger partial charge in [-0.2, -0.15) is 11.8 Å². The second-order valence-electron chi connectivity index (χ2n) is 3.79. The zero-order chi connectivity index (χ0) is 11.0. The summed E-state index contributed by atoms with van der Waals surface area (Å²) in [5.41, 5.74) is 2.54. The Morgan fingerprint density at radius 3 is 1.88 bits per heavy atom. The van der Waals surface area contributed by atoms with Crippen LogP contribution in [0, 0.1) is 0 Å². The van der Waals surface area contributed by atoms with Crippen LogP contribution in [0.4, 0.5) is 0 Å². The highest BCUT2D eigenvalue weighted by molar-refractivity contribution is 7.99. The van der Waals surface area contributed by atoms with Crippen LogP contribution < -0.4 is 4.74 Å². The first kappa shape index (κ1) is 9.79. The number of hydrogen-bond donors (Lipinski definition) is 0. The molecule has 0 spiro atoms. The van der Waals surface area contributed by atoms with E-state index < -0.39 is 0 Å². The Labute approximate surface area is 99.4 Å². The van der Waals surface area contributed by atoms with Gasteiger partial charge in [0.05, 0.1) is 5.25 Å². The van der Waals surface area contributed by atoms with E-state index in [2.05, 4.69) is 30.5 Å². The fourth-order valence-electron chi connectivity index (χ4n) is 2.12. The fourth-order valence-corrected chi connectivity index (χ4v) is 3.02. The summed E-state index contributed by atoms with van der Waals surface area (Å²) in [4.78, 5) is 0. The third-order valence-electron chi connectivity index (χ3n) is 2.86. The number of thioether (sulfide) groups is 1. The zero-order valence-electron chi connectivity index (χ0n) is 9.01. The first-order valence-electron chi connectivity index (χ1n) is 5.28. The maximum absolute atomic E-state index is 5.90. The maximum Gasteiger partial charge on any atom is 0.132 e. The van der Waals surface area contributed by atoms with Crippen molar-refractivity contribution in [3.8, 4) is 11.5 Å². The lowest BCUT2D eigenvalue weighted by atomic mass is 10.00. The molecule has 0 bridgehead atoms. The number of para-hydroxylation sites is 2. The molecule has 2 aromatic rings. The summed E-state index contributed by atoms with van der Waals surface area (Å²) < 4.78 is 5.90. The van der Waals surface area contributed by atoms with E-state index in [9.17, 15) is 0 Å². The predicted octanol–water partition coefficient (Wildman–Crippen LogP) is 4.24. The van der Waals surface area contributed by atoms with Gasteiger partial charge < -0.3 is 4.74 Å². The Bertz CT molecular complexity index is 476. The largest absolute Gasteiger partial charge is 0.457 e. The number of ether oxygens (including phenoxy) is 1. The van der Waals surface area contributed by atoms with Crippen molar-refractivity contribution in [3.05, 3.63) is 59.7 Å². The molecule has 80 valence electrons. The van der Waals surface area contributed by atoms with Gasteiger partial charge in [-0.05, 0) is 18.4 Å². The topological polar surface area (TPSA) is 9.23 Å². The molecular formula is C14H12OS. The van der Waals surface area contributed by atoms with Crippen LogP contribution in [0.1, 0.15) is 16.4 Å². The normalized spacial score (nSPS) is 13.8. The Morgan fingerprint density at radius 1 is 0.875 bits per heavy atom. The Morgan fingerprint density at radius 2 is 1.38 bits per heavy atom. The van der Waals surface area contributed by atoms with E-state index in [1.54, 1.807) is 0 Å². The molecule has 2 aromatic carbocycles. The lowest BCUT2D eigenvalue weighted by Crippen LogP contribution is -2.06. The minimum absolute atomic E-state index is 0.390. The molecule has 1 heterocycles. The first-order chi connectivity index (χ1) is 7.90. The van der Waals surface area contributed by atoms with Crippen LogP contribution in [0.3, 0.4) is 0 Å². The molecule has 2 heteroatoms. The van der Waals surface area contributed by atoms with Crippen molar-refractivity contribution >= 4 is 11.8 Å². The van der Waals surface area contributed by atoms with Gasteiger partial charge in [0.15, 0.2) is 0 Å². The van der Waals surface area contributed by atoms with Crippen molar-refractivity contribution in [2.24, 2.45) is 0 Å². The van der Waals surface area contributed by atoms with Gasteiger partial charge in [0.2, 0.25) is 0 Å². The molecule has 0 saturated heterocycles. The van der Waals surface area contributed by atoms with Gasteiger partial charge in [-0.1, -0.05) is 36.4 Å². The van der Waals surface area contributed by atoms with Gasteiger partial charge in [0.1, 0.15) is 11.5 Å². The molecule has 3 rings (SSSR count). The monoisotopic (exact) mass is 228 g/mol. The number of rotatable bonds is 1. The highest BCUT2D eigenvalue weighted by atomic mass is 32.2. The number of hydrogen-bond acceptors (Lipinski definition) is 2. The first-order valence-corrected chi connectivity index (χ1v) is 6.57. The van der Waals surface area contributed by atoms with E-state index in [1.807, 2.05) is 36.0 Å². The van der Waals surface area contributed by atoms with E-state index >= 15 is 0 Å². The molecule has 0 saturated carbocycles. The van der Waals surface area contributed by atoms with Crippen molar-refractivity contribution in [3.63, 3.8) is 0 Å². The van der Waals surface area contributed by atoms with Crippen LogP contribution in [0.15, 0.2) is 48.5 Å². The molecule has 1 nitrogen and oxygen atoms in total. The molecule has 0 unspecified atom stereocenters. The Hall–Kier alpha value is -1.41. The molecule has 0 aromatic heterocycles. The van der Waals surface area contributed by atoms with E-state index in [0.717, 1.165) is 11.5 Å². The van der Waals surface area contributed by atoms with Crippen LogP contribution >= 0.6 is 11.8 Å². The number of benzene rings is 2. The smallest absolute Gasteiger partial charge is 0.132 e. The summed E-state index contributed by atoms with van der Waals surface area (Å²) >= 11 is 1.85. The van der Waals surface area contributed by atoms with Crippen molar-refractivity contribution in [2.45, 2.75) is 5.25 Å².